The predicted molar refractivity (Wildman–Crippen MR) is 76.3 cm³/mol. The molecule has 1 N–H and O–H groups in total. The fourth-order valence-corrected chi connectivity index (χ4v) is 2.79. The molecule has 0 aliphatic rings. The second-order valence-corrected chi connectivity index (χ2v) is 5.60. The van der Waals surface area contributed by atoms with Crippen molar-refractivity contribution in [2.75, 3.05) is 0 Å². The molecule has 2 rings (SSSR count). The summed E-state index contributed by atoms with van der Waals surface area (Å²) in [5.41, 5.74) is 1.66. The van der Waals surface area contributed by atoms with Gasteiger partial charge in [0.1, 0.15) is 5.01 Å². The van der Waals surface area contributed by atoms with E-state index in [0.29, 0.717) is 5.56 Å². The number of amides is 1. The highest BCUT2D eigenvalue weighted by molar-refractivity contribution is 7.11. The minimum atomic E-state index is -0.0836. The smallest absolute Gasteiger partial charge is 0.251 e. The highest BCUT2D eigenvalue weighted by Crippen LogP contribution is 2.25. The molecule has 0 aliphatic heterocycles. The molecular weight excluding hydrogens is 258 g/mol. The van der Waals surface area contributed by atoms with Crippen molar-refractivity contribution in [1.29, 1.82) is 0 Å². The molecule has 2 aromatic rings. The molecule has 0 spiro atoms. The van der Waals surface area contributed by atoms with E-state index in [1.165, 1.54) is 4.88 Å². The topological polar surface area (TPSA) is 54.9 Å². The number of nitrogens with zero attached hydrogens (tertiary/aromatic N) is 2. The Balaban J connectivity index is 2.14. The van der Waals surface area contributed by atoms with Gasteiger partial charge in [-0.1, -0.05) is 6.92 Å². The van der Waals surface area contributed by atoms with Gasteiger partial charge in [-0.05, 0) is 32.4 Å². The maximum atomic E-state index is 12.1. The lowest BCUT2D eigenvalue weighted by atomic mass is 10.2. The average Bonchev–Trinajstić information content (AvgIpc) is 2.76. The number of thiazole rings is 1. The molecule has 100 valence electrons. The first kappa shape index (κ1) is 13.7. The lowest BCUT2D eigenvalue weighted by molar-refractivity contribution is 0.0935. The Morgan fingerprint density at radius 2 is 2.05 bits per heavy atom. The van der Waals surface area contributed by atoms with Crippen molar-refractivity contribution in [2.45, 2.75) is 33.2 Å². The van der Waals surface area contributed by atoms with Crippen LogP contribution >= 0.6 is 11.3 Å². The van der Waals surface area contributed by atoms with Gasteiger partial charge in [-0.15, -0.1) is 11.3 Å². The molecule has 2 heterocycles. The first-order valence-corrected chi connectivity index (χ1v) is 7.08. The van der Waals surface area contributed by atoms with Crippen LogP contribution in [0.25, 0.3) is 0 Å². The van der Waals surface area contributed by atoms with Crippen molar-refractivity contribution in [2.24, 2.45) is 0 Å². The molecular formula is C14H17N3OS. The minimum absolute atomic E-state index is 0.0296. The van der Waals surface area contributed by atoms with Gasteiger partial charge < -0.3 is 5.32 Å². The average molecular weight is 275 g/mol. The summed E-state index contributed by atoms with van der Waals surface area (Å²) in [7, 11) is 0. The van der Waals surface area contributed by atoms with E-state index in [1.807, 2.05) is 20.8 Å². The molecule has 0 fully saturated rings. The van der Waals surface area contributed by atoms with E-state index in [1.54, 1.807) is 35.9 Å². The van der Waals surface area contributed by atoms with Crippen LogP contribution < -0.4 is 5.32 Å². The molecule has 1 atom stereocenters. The van der Waals surface area contributed by atoms with E-state index in [9.17, 15) is 4.79 Å². The van der Waals surface area contributed by atoms with Crippen LogP contribution in [0.4, 0.5) is 0 Å². The molecule has 0 radical (unpaired) electrons. The molecule has 0 saturated heterocycles. The van der Waals surface area contributed by atoms with Gasteiger partial charge in [-0.2, -0.15) is 0 Å². The summed E-state index contributed by atoms with van der Waals surface area (Å²) in [5.74, 6) is -0.0836. The first-order valence-electron chi connectivity index (χ1n) is 6.26. The van der Waals surface area contributed by atoms with Gasteiger partial charge in [0.05, 0.1) is 11.7 Å². The second kappa shape index (κ2) is 5.93. The third-order valence-electron chi connectivity index (χ3n) is 3.00. The van der Waals surface area contributed by atoms with Gasteiger partial charge >= 0.3 is 0 Å². The van der Waals surface area contributed by atoms with E-state index in [0.717, 1.165) is 17.1 Å². The maximum Gasteiger partial charge on any atom is 0.251 e. The van der Waals surface area contributed by atoms with E-state index in [-0.39, 0.29) is 11.9 Å². The fraction of sp³-hybridized carbons (Fsp3) is 0.357. The third kappa shape index (κ3) is 3.17. The third-order valence-corrected chi connectivity index (χ3v) is 4.19. The van der Waals surface area contributed by atoms with Gasteiger partial charge in [0.15, 0.2) is 0 Å². The Morgan fingerprint density at radius 1 is 1.37 bits per heavy atom. The fourth-order valence-electron chi connectivity index (χ4n) is 1.73. The standard InChI is InChI=1S/C14H17N3OS/c1-4-12(14-16-9(2)10(3)19-14)17-13(18)11-5-7-15-8-6-11/h5-8,12H,4H2,1-3H3,(H,17,18). The molecule has 0 aliphatic carbocycles. The van der Waals surface area contributed by atoms with Crippen LogP contribution in [0.5, 0.6) is 0 Å². The maximum absolute atomic E-state index is 12.1. The van der Waals surface area contributed by atoms with Gasteiger partial charge in [0, 0.05) is 22.8 Å². The first-order chi connectivity index (χ1) is 9.11. The number of carbonyl (C=O) groups excluding carboxylic acids is 1. The zero-order valence-electron chi connectivity index (χ0n) is 11.3. The second-order valence-electron chi connectivity index (χ2n) is 4.36. The zero-order chi connectivity index (χ0) is 13.8. The normalized spacial score (nSPS) is 12.2. The highest BCUT2D eigenvalue weighted by Gasteiger charge is 2.17. The van der Waals surface area contributed by atoms with Crippen LogP contribution in [0.15, 0.2) is 24.5 Å². The van der Waals surface area contributed by atoms with Crippen LogP contribution in [0.1, 0.15) is 45.3 Å². The molecule has 19 heavy (non-hydrogen) atoms. The molecule has 4 nitrogen and oxygen atoms in total. The minimum Gasteiger partial charge on any atom is -0.343 e. The van der Waals surface area contributed by atoms with Gasteiger partial charge in [0.2, 0.25) is 0 Å². The lowest BCUT2D eigenvalue weighted by Gasteiger charge is -2.14. The van der Waals surface area contributed by atoms with Crippen molar-refractivity contribution >= 4 is 17.2 Å². The highest BCUT2D eigenvalue weighted by atomic mass is 32.1. The van der Waals surface area contributed by atoms with Crippen molar-refractivity contribution in [1.82, 2.24) is 15.3 Å². The largest absolute Gasteiger partial charge is 0.343 e. The summed E-state index contributed by atoms with van der Waals surface area (Å²) in [4.78, 5) is 21.7. The van der Waals surface area contributed by atoms with Crippen molar-refractivity contribution in [3.05, 3.63) is 45.7 Å². The molecule has 1 amide bonds. The summed E-state index contributed by atoms with van der Waals surface area (Å²) in [6, 6.07) is 3.39. The van der Waals surface area contributed by atoms with Gasteiger partial charge in [0.25, 0.3) is 5.91 Å². The van der Waals surface area contributed by atoms with E-state index >= 15 is 0 Å². The summed E-state index contributed by atoms with van der Waals surface area (Å²) in [5, 5.41) is 3.99. The summed E-state index contributed by atoms with van der Waals surface area (Å²) < 4.78 is 0. The number of nitrogens with one attached hydrogen (secondary N) is 1. The molecule has 0 saturated carbocycles. The Bertz CT molecular complexity index is 546. The van der Waals surface area contributed by atoms with Crippen LogP contribution in [0.3, 0.4) is 0 Å². The van der Waals surface area contributed by atoms with Crippen LogP contribution in [0, 0.1) is 13.8 Å². The van der Waals surface area contributed by atoms with Crippen LogP contribution in [0.2, 0.25) is 0 Å². The number of pyridine rings is 1. The summed E-state index contributed by atoms with van der Waals surface area (Å²) >= 11 is 1.65. The number of carbonyl (C=O) groups is 1. The van der Waals surface area contributed by atoms with E-state index in [2.05, 4.69) is 15.3 Å². The monoisotopic (exact) mass is 275 g/mol. The molecule has 1 unspecified atom stereocenters. The molecule has 0 bridgehead atoms. The lowest BCUT2D eigenvalue weighted by Crippen LogP contribution is -2.28. The van der Waals surface area contributed by atoms with Crippen molar-refractivity contribution < 1.29 is 4.79 Å². The quantitative estimate of drug-likeness (QED) is 0.933. The predicted octanol–water partition coefficient (Wildman–Crippen LogP) is 3.04. The van der Waals surface area contributed by atoms with E-state index in [4.69, 9.17) is 0 Å². The SMILES string of the molecule is CCC(NC(=O)c1ccncc1)c1nc(C)c(C)s1. The zero-order valence-corrected chi connectivity index (χ0v) is 12.1. The van der Waals surface area contributed by atoms with E-state index < -0.39 is 0 Å². The number of rotatable bonds is 4. The molecule has 0 aromatic carbocycles. The van der Waals surface area contributed by atoms with Gasteiger partial charge in [-0.25, -0.2) is 4.98 Å². The van der Waals surface area contributed by atoms with Crippen LogP contribution in [-0.4, -0.2) is 15.9 Å². The molecule has 5 heteroatoms. The van der Waals surface area contributed by atoms with Crippen molar-refractivity contribution in [3.63, 3.8) is 0 Å². The van der Waals surface area contributed by atoms with Gasteiger partial charge in [-0.3, -0.25) is 9.78 Å². The number of hydrogen-bond acceptors (Lipinski definition) is 4. The number of aryl methyl sites for hydroxylation is 2. The summed E-state index contributed by atoms with van der Waals surface area (Å²) in [6.45, 7) is 6.09. The van der Waals surface area contributed by atoms with Crippen molar-refractivity contribution in [3.8, 4) is 0 Å². The molecule has 2 aromatic heterocycles. The Labute approximate surface area is 116 Å². The summed E-state index contributed by atoms with van der Waals surface area (Å²) in [6.07, 6.45) is 4.06. The number of aromatic nitrogens is 2. The number of hydrogen-bond donors (Lipinski definition) is 1. The Hall–Kier alpha value is -1.75. The van der Waals surface area contributed by atoms with Crippen LogP contribution in [-0.2, 0) is 0 Å². The Morgan fingerprint density at radius 3 is 2.58 bits per heavy atom. The Kier molecular flexibility index (Phi) is 4.27.